The van der Waals surface area contributed by atoms with Crippen molar-refractivity contribution in [3.8, 4) is 34.1 Å². The monoisotopic (exact) mass is 840 g/mol. The van der Waals surface area contributed by atoms with E-state index >= 15 is 0 Å². The first-order valence-corrected chi connectivity index (χ1v) is 19.2. The fraction of sp³-hybridized carbons (Fsp3) is 0.488. The Balaban J connectivity index is 1.37. The Labute approximate surface area is 343 Å². The number of aryl methyl sites for hydroxylation is 1. The van der Waals surface area contributed by atoms with Crippen LogP contribution in [0.25, 0.3) is 11.1 Å². The molecule has 19 nitrogen and oxygen atoms in total. The van der Waals surface area contributed by atoms with Crippen LogP contribution >= 0.6 is 0 Å². The molecule has 0 saturated carbocycles. The molecule has 3 aromatic rings. The van der Waals surface area contributed by atoms with Crippen molar-refractivity contribution in [1.29, 1.82) is 0 Å². The molecule has 4 aliphatic rings. The maximum absolute atomic E-state index is 14.1. The largest absolute Gasteiger partial charge is 0.507 e. The number of aliphatic hydroxyl groups excluding tert-OH is 5. The molecule has 2 aliphatic carbocycles. The van der Waals surface area contributed by atoms with Crippen LogP contribution in [0.3, 0.4) is 0 Å². The van der Waals surface area contributed by atoms with E-state index in [9.17, 15) is 55.2 Å². The number of amides is 1. The molecule has 0 aromatic heterocycles. The van der Waals surface area contributed by atoms with Crippen LogP contribution in [0.4, 0.5) is 0 Å². The summed E-state index contributed by atoms with van der Waals surface area (Å²) in [5.41, 5.74) is 0.622. The van der Waals surface area contributed by atoms with Crippen molar-refractivity contribution in [2.45, 2.75) is 101 Å². The summed E-state index contributed by atoms with van der Waals surface area (Å²) in [5, 5.41) is 93.2. The van der Waals surface area contributed by atoms with E-state index in [0.717, 1.165) is 0 Å². The molecule has 0 spiro atoms. The number of carbonyl (C=O) groups is 3. The summed E-state index contributed by atoms with van der Waals surface area (Å²) in [6.07, 6.45) is -14.8. The Bertz CT molecular complexity index is 2210. The van der Waals surface area contributed by atoms with E-state index in [1.54, 1.807) is 27.0 Å². The molecule has 7 rings (SSSR count). The van der Waals surface area contributed by atoms with Crippen molar-refractivity contribution in [3.05, 3.63) is 68.8 Å². The van der Waals surface area contributed by atoms with Crippen LogP contribution in [-0.4, -0.2) is 148 Å². The summed E-state index contributed by atoms with van der Waals surface area (Å²) in [6, 6.07) is 3.59. The van der Waals surface area contributed by atoms with Gasteiger partial charge in [0.25, 0.3) is 5.91 Å². The number of aliphatic hydroxyl groups is 5. The van der Waals surface area contributed by atoms with Gasteiger partial charge in [-0.25, -0.2) is 0 Å². The van der Waals surface area contributed by atoms with Gasteiger partial charge in [0.05, 0.1) is 44.1 Å². The Hall–Kier alpha value is -4.93. The van der Waals surface area contributed by atoms with Gasteiger partial charge in [0, 0.05) is 34.7 Å². The summed E-state index contributed by atoms with van der Waals surface area (Å²) in [5.74, 6) is -3.51. The summed E-state index contributed by atoms with van der Waals surface area (Å²) in [6.45, 7) is 4.09. The van der Waals surface area contributed by atoms with E-state index in [1.807, 2.05) is 0 Å². The Morgan fingerprint density at radius 2 is 1.62 bits per heavy atom. The average molecular weight is 841 g/mol. The van der Waals surface area contributed by atoms with Gasteiger partial charge in [0.2, 0.25) is 0 Å². The van der Waals surface area contributed by atoms with Gasteiger partial charge in [-0.05, 0) is 62.2 Å². The Morgan fingerprint density at radius 1 is 0.900 bits per heavy atom. The first-order valence-electron chi connectivity index (χ1n) is 19.2. The zero-order valence-corrected chi connectivity index (χ0v) is 33.4. The Morgan fingerprint density at radius 3 is 2.27 bits per heavy atom. The number of carbonyl (C=O) groups excluding carboxylic acids is 2. The maximum atomic E-state index is 14.1. The molecule has 324 valence electrons. The quantitative estimate of drug-likeness (QED) is 0.101. The van der Waals surface area contributed by atoms with Gasteiger partial charge in [-0.15, -0.1) is 0 Å². The molecule has 2 saturated heterocycles. The highest BCUT2D eigenvalue weighted by Crippen LogP contribution is 2.57. The summed E-state index contributed by atoms with van der Waals surface area (Å²) in [7, 11) is 4.22. The third kappa shape index (κ3) is 7.13. The number of fused-ring (bicyclic) bond motifs is 5. The van der Waals surface area contributed by atoms with Gasteiger partial charge in [-0.1, -0.05) is 6.07 Å². The number of hydrogen-bond donors (Lipinski definition) is 10. The molecule has 10 N–H and O–H groups in total. The minimum atomic E-state index is -1.72. The normalized spacial score (nSPS) is 30.0. The predicted molar refractivity (Wildman–Crippen MR) is 205 cm³/mol. The number of phenols is 2. The van der Waals surface area contributed by atoms with Gasteiger partial charge in [0.1, 0.15) is 71.8 Å². The zero-order chi connectivity index (χ0) is 43.6. The van der Waals surface area contributed by atoms with Gasteiger partial charge in [0.15, 0.2) is 18.4 Å². The second-order valence-electron chi connectivity index (χ2n) is 15.4. The molecule has 2 aliphatic heterocycles. The van der Waals surface area contributed by atoms with Crippen LogP contribution in [0.1, 0.15) is 80.2 Å². The number of carboxylic acids is 1. The van der Waals surface area contributed by atoms with Crippen molar-refractivity contribution in [2.75, 3.05) is 27.9 Å². The number of methoxy groups -OCH3 is 2. The molecule has 2 fully saturated rings. The van der Waals surface area contributed by atoms with Gasteiger partial charge in [-0.3, -0.25) is 14.4 Å². The van der Waals surface area contributed by atoms with Crippen molar-refractivity contribution in [2.24, 2.45) is 0 Å². The highest BCUT2D eigenvalue weighted by molar-refractivity contribution is 6.15. The lowest BCUT2D eigenvalue weighted by Crippen LogP contribution is -2.65. The number of rotatable bonds is 10. The van der Waals surface area contributed by atoms with Crippen molar-refractivity contribution >= 4 is 17.7 Å². The number of phenolic OH excluding ortho intramolecular Hbond substituents is 2. The molecule has 3 aromatic carbocycles. The smallest absolute Gasteiger partial charge is 0.325 e. The molecular formula is C41H48N2O17. The standard InChI is InChI=1S/C41H48N2O17/c1-13-7-21-27(36(56-6)24(13)38(52)43-14(2)39(53)54)26-20(11-19-18(30(26)47)9-16-8-17(55-5)10-22(44)25(16)29(19)46)31(48)35(21)59-41-34(51)37(28(42-4)15(3)58-41)60-40-33(50)32(49)23(45)12-57-40/h7-8,10-11,14-15,23,28,31-35,37,40-42,44-45,47-51H,9,12H2,1-6H3,(H,43,52)(H,53,54)/t14?,15?,23?,28?,31-,32?,33?,34?,35-,37?,40?,41?/m0/s1. The molecule has 1 amide bonds. The van der Waals surface area contributed by atoms with Gasteiger partial charge < -0.3 is 79.9 Å². The molecule has 0 bridgehead atoms. The lowest BCUT2D eigenvalue weighted by atomic mass is 9.74. The van der Waals surface area contributed by atoms with Crippen LogP contribution in [-0.2, 0) is 30.2 Å². The van der Waals surface area contributed by atoms with Gasteiger partial charge in [-0.2, -0.15) is 0 Å². The molecular weight excluding hydrogens is 792 g/mol. The first kappa shape index (κ1) is 43.2. The van der Waals surface area contributed by atoms with E-state index < -0.39 is 96.9 Å². The number of benzene rings is 3. The van der Waals surface area contributed by atoms with E-state index in [4.69, 9.17) is 28.4 Å². The fourth-order valence-corrected chi connectivity index (χ4v) is 8.59. The van der Waals surface area contributed by atoms with Crippen LogP contribution in [0, 0.1) is 6.92 Å². The lowest BCUT2D eigenvalue weighted by molar-refractivity contribution is -0.339. The SMILES string of the molecule is CNC1C(C)OC(O[C@H]2c3cc(C)c(C(=O)NC(C)C(=O)O)c(OC)c3-c3c(cc4c(c3O)Cc3cc(OC)cc(O)c3C4=O)[C@@H]2O)C(O)C1OC1OCC(O)C(O)C1O. The second kappa shape index (κ2) is 16.5. The van der Waals surface area contributed by atoms with Crippen LogP contribution in [0.15, 0.2) is 24.3 Å². The number of aromatic hydroxyl groups is 2. The van der Waals surface area contributed by atoms with Crippen molar-refractivity contribution in [3.63, 3.8) is 0 Å². The highest BCUT2D eigenvalue weighted by Gasteiger charge is 2.51. The third-order valence-corrected chi connectivity index (χ3v) is 11.7. The molecule has 0 radical (unpaired) electrons. The van der Waals surface area contributed by atoms with E-state index in [1.165, 1.54) is 39.3 Å². The van der Waals surface area contributed by atoms with Crippen molar-refractivity contribution in [1.82, 2.24) is 10.6 Å². The average Bonchev–Trinajstić information content (AvgIpc) is 3.20. The van der Waals surface area contributed by atoms with E-state index in [2.05, 4.69) is 10.6 Å². The lowest BCUT2D eigenvalue weighted by Gasteiger charge is -2.47. The van der Waals surface area contributed by atoms with Crippen molar-refractivity contribution < 1.29 is 83.7 Å². The van der Waals surface area contributed by atoms with Gasteiger partial charge >= 0.3 is 5.97 Å². The highest BCUT2D eigenvalue weighted by atomic mass is 16.7. The topological polar surface area (TPSA) is 292 Å². The van der Waals surface area contributed by atoms with E-state index in [0.29, 0.717) is 5.56 Å². The summed E-state index contributed by atoms with van der Waals surface area (Å²) in [4.78, 5) is 39.6. The molecule has 19 heteroatoms. The number of hydrogen-bond acceptors (Lipinski definition) is 17. The van der Waals surface area contributed by atoms with Crippen LogP contribution in [0.2, 0.25) is 0 Å². The third-order valence-electron chi connectivity index (χ3n) is 11.7. The Kier molecular flexibility index (Phi) is 11.9. The number of ether oxygens (including phenoxy) is 6. The number of ketones is 1. The van der Waals surface area contributed by atoms with Crippen LogP contribution in [0.5, 0.6) is 23.0 Å². The fourth-order valence-electron chi connectivity index (χ4n) is 8.59. The number of carboxylic acid groups (broad SMARTS) is 1. The second-order valence-corrected chi connectivity index (χ2v) is 15.4. The van der Waals surface area contributed by atoms with Crippen LogP contribution < -0.4 is 20.1 Å². The molecule has 12 atom stereocenters. The number of nitrogens with one attached hydrogen (secondary N) is 2. The zero-order valence-electron chi connectivity index (χ0n) is 33.4. The summed E-state index contributed by atoms with van der Waals surface area (Å²) >= 11 is 0. The maximum Gasteiger partial charge on any atom is 0.325 e. The first-order chi connectivity index (χ1) is 28.4. The summed E-state index contributed by atoms with van der Waals surface area (Å²) < 4.78 is 35.3. The van der Waals surface area contributed by atoms with E-state index in [-0.39, 0.29) is 80.3 Å². The number of likely N-dealkylation sites (N-methyl/N-ethyl adjacent to an activating group) is 1. The molecule has 2 heterocycles. The molecule has 60 heavy (non-hydrogen) atoms. The minimum absolute atomic E-state index is 0.0317. The molecule has 10 unspecified atom stereocenters. The predicted octanol–water partition coefficient (Wildman–Crippen LogP) is 0.0511. The number of aliphatic carboxylic acids is 1. The minimum Gasteiger partial charge on any atom is -0.507 e.